The highest BCUT2D eigenvalue weighted by Gasteiger charge is 2.35. The number of aryl methyl sites for hydroxylation is 1. The molecule has 0 saturated heterocycles. The highest BCUT2D eigenvalue weighted by atomic mass is 19.4. The minimum absolute atomic E-state index is 0.0614. The molecule has 3 aromatic rings. The fourth-order valence-electron chi connectivity index (χ4n) is 2.53. The summed E-state index contributed by atoms with van der Waals surface area (Å²) in [6.45, 7) is 5.30. The van der Waals surface area contributed by atoms with Crippen molar-refractivity contribution in [1.82, 2.24) is 30.2 Å². The van der Waals surface area contributed by atoms with Crippen molar-refractivity contribution < 1.29 is 27.2 Å². The van der Waals surface area contributed by atoms with Gasteiger partial charge in [0.25, 0.3) is 5.91 Å². The Balaban J connectivity index is 1.73. The Morgan fingerprint density at radius 1 is 1.27 bits per heavy atom. The van der Waals surface area contributed by atoms with Gasteiger partial charge in [0.05, 0.1) is 6.10 Å². The molecule has 3 aromatic heterocycles. The fraction of sp³-hybridized carbons (Fsp3) is 0.389. The number of hydrogen-bond donors (Lipinski definition) is 1. The van der Waals surface area contributed by atoms with Crippen molar-refractivity contribution in [2.75, 3.05) is 0 Å². The zero-order chi connectivity index (χ0) is 22.1. The van der Waals surface area contributed by atoms with Crippen molar-refractivity contribution >= 4 is 5.91 Å². The van der Waals surface area contributed by atoms with Crippen LogP contribution in [-0.2, 0) is 13.2 Å². The lowest BCUT2D eigenvalue weighted by Gasteiger charge is -2.09. The molecule has 160 valence electrons. The van der Waals surface area contributed by atoms with Gasteiger partial charge >= 0.3 is 6.18 Å². The van der Waals surface area contributed by atoms with E-state index < -0.39 is 23.8 Å². The van der Waals surface area contributed by atoms with Crippen molar-refractivity contribution in [3.8, 4) is 17.3 Å². The fourth-order valence-corrected chi connectivity index (χ4v) is 2.53. The van der Waals surface area contributed by atoms with E-state index in [1.165, 1.54) is 13.2 Å². The van der Waals surface area contributed by atoms with Gasteiger partial charge in [-0.1, -0.05) is 5.16 Å². The molecular weight excluding hydrogens is 405 g/mol. The molecule has 0 aromatic carbocycles. The first-order valence-electron chi connectivity index (χ1n) is 8.93. The number of nitrogens with zero attached hydrogens (tertiary/aromatic N) is 5. The Hall–Kier alpha value is -3.44. The maximum Gasteiger partial charge on any atom is 0.435 e. The van der Waals surface area contributed by atoms with E-state index in [0.717, 1.165) is 4.68 Å². The van der Waals surface area contributed by atoms with Crippen molar-refractivity contribution in [2.24, 2.45) is 7.05 Å². The van der Waals surface area contributed by atoms with Crippen LogP contribution in [0.15, 0.2) is 28.9 Å². The van der Waals surface area contributed by atoms with E-state index in [9.17, 15) is 18.0 Å². The highest BCUT2D eigenvalue weighted by Crippen LogP contribution is 2.28. The van der Waals surface area contributed by atoms with Gasteiger partial charge < -0.3 is 14.6 Å². The first kappa shape index (κ1) is 21.3. The molecule has 1 amide bonds. The Morgan fingerprint density at radius 2 is 2.00 bits per heavy atom. The molecule has 3 heterocycles. The average molecular weight is 424 g/mol. The number of carbonyl (C=O) groups excluding carboxylic acids is 1. The molecule has 12 heteroatoms. The Morgan fingerprint density at radius 3 is 2.63 bits per heavy atom. The summed E-state index contributed by atoms with van der Waals surface area (Å²) in [5.74, 6) is -0.0298. The molecule has 0 aliphatic rings. The summed E-state index contributed by atoms with van der Waals surface area (Å²) in [4.78, 5) is 20.7. The van der Waals surface area contributed by atoms with Crippen LogP contribution in [0.2, 0.25) is 0 Å². The van der Waals surface area contributed by atoms with Gasteiger partial charge in [0, 0.05) is 30.9 Å². The molecule has 0 fully saturated rings. The number of nitrogens with one attached hydrogen (secondary N) is 1. The zero-order valence-corrected chi connectivity index (χ0v) is 16.6. The van der Waals surface area contributed by atoms with Crippen LogP contribution in [0.5, 0.6) is 5.88 Å². The number of halogens is 3. The van der Waals surface area contributed by atoms with Crippen molar-refractivity contribution in [3.05, 3.63) is 41.7 Å². The average Bonchev–Trinajstić information content (AvgIpc) is 3.28. The smallest absolute Gasteiger partial charge is 0.435 e. The van der Waals surface area contributed by atoms with Gasteiger partial charge in [0.1, 0.15) is 11.7 Å². The third kappa shape index (κ3) is 4.75. The summed E-state index contributed by atoms with van der Waals surface area (Å²) in [5, 5.41) is 9.71. The third-order valence-electron chi connectivity index (χ3n) is 3.91. The number of amides is 1. The molecule has 30 heavy (non-hydrogen) atoms. The van der Waals surface area contributed by atoms with E-state index in [1.807, 2.05) is 13.8 Å². The molecule has 1 atom stereocenters. The van der Waals surface area contributed by atoms with Crippen LogP contribution in [-0.4, -0.2) is 36.9 Å². The monoisotopic (exact) mass is 424 g/mol. The molecule has 0 radical (unpaired) electrons. The number of ether oxygens (including phenoxy) is 1. The van der Waals surface area contributed by atoms with Crippen LogP contribution < -0.4 is 10.1 Å². The quantitative estimate of drug-likeness (QED) is 0.648. The van der Waals surface area contributed by atoms with Gasteiger partial charge in [-0.3, -0.25) is 9.48 Å². The molecular formula is C18H19F3N6O3. The second-order valence-corrected chi connectivity index (χ2v) is 6.74. The summed E-state index contributed by atoms with van der Waals surface area (Å²) in [5.41, 5.74) is -0.811. The topological polar surface area (TPSA) is 108 Å². The van der Waals surface area contributed by atoms with Gasteiger partial charge in [-0.2, -0.15) is 23.3 Å². The zero-order valence-electron chi connectivity index (χ0n) is 16.6. The first-order valence-corrected chi connectivity index (χ1v) is 8.93. The van der Waals surface area contributed by atoms with Crippen LogP contribution in [0.1, 0.15) is 48.9 Å². The van der Waals surface area contributed by atoms with Crippen molar-refractivity contribution in [1.29, 1.82) is 0 Å². The normalized spacial score (nSPS) is 12.8. The van der Waals surface area contributed by atoms with E-state index >= 15 is 0 Å². The van der Waals surface area contributed by atoms with Crippen LogP contribution in [0, 0.1) is 0 Å². The molecule has 0 unspecified atom stereocenters. The standard InChI is InChI=1S/C18H19F3N6O3/c1-9(2)29-14-7-11(5-6-22-14)15-24-17(30-26-15)10(3)23-16(28)12-8-13(18(19,20)21)25-27(12)4/h5-10H,1-4H3,(H,23,28)/t10-/m0/s1. The van der Waals surface area contributed by atoms with Gasteiger partial charge in [-0.15, -0.1) is 0 Å². The predicted molar refractivity (Wildman–Crippen MR) is 97.4 cm³/mol. The largest absolute Gasteiger partial charge is 0.475 e. The lowest BCUT2D eigenvalue weighted by molar-refractivity contribution is -0.141. The van der Waals surface area contributed by atoms with Gasteiger partial charge in [0.15, 0.2) is 5.69 Å². The Labute approximate surface area is 169 Å². The van der Waals surface area contributed by atoms with Gasteiger partial charge in [-0.25, -0.2) is 4.98 Å². The minimum atomic E-state index is -4.65. The number of rotatable bonds is 6. The van der Waals surface area contributed by atoms with Gasteiger partial charge in [0.2, 0.25) is 17.6 Å². The number of alkyl halides is 3. The van der Waals surface area contributed by atoms with E-state index in [4.69, 9.17) is 9.26 Å². The Kier molecular flexibility index (Phi) is 5.76. The second kappa shape index (κ2) is 8.13. The molecule has 0 spiro atoms. The maximum atomic E-state index is 12.8. The number of pyridine rings is 1. The number of hydrogen-bond acceptors (Lipinski definition) is 7. The van der Waals surface area contributed by atoms with Crippen LogP contribution in [0.3, 0.4) is 0 Å². The molecule has 9 nitrogen and oxygen atoms in total. The summed E-state index contributed by atoms with van der Waals surface area (Å²) >= 11 is 0. The van der Waals surface area contributed by atoms with E-state index in [-0.39, 0.29) is 23.5 Å². The Bertz CT molecular complexity index is 1040. The number of aromatic nitrogens is 5. The summed E-state index contributed by atoms with van der Waals surface area (Å²) in [6.07, 6.45) is -3.17. The highest BCUT2D eigenvalue weighted by molar-refractivity contribution is 5.92. The SMILES string of the molecule is CC(C)Oc1cc(-c2noc([C@H](C)NC(=O)c3cc(C(F)(F)F)nn3C)n2)ccn1. The van der Waals surface area contributed by atoms with Gasteiger partial charge in [-0.05, 0) is 26.8 Å². The molecule has 3 rings (SSSR count). The van der Waals surface area contributed by atoms with E-state index in [0.29, 0.717) is 17.5 Å². The molecule has 0 aliphatic carbocycles. The minimum Gasteiger partial charge on any atom is -0.475 e. The van der Waals surface area contributed by atoms with E-state index in [1.54, 1.807) is 19.1 Å². The van der Waals surface area contributed by atoms with Crippen LogP contribution in [0.4, 0.5) is 13.2 Å². The maximum absolute atomic E-state index is 12.8. The second-order valence-electron chi connectivity index (χ2n) is 6.74. The van der Waals surface area contributed by atoms with E-state index in [2.05, 4.69) is 25.5 Å². The molecule has 0 saturated carbocycles. The lowest BCUT2D eigenvalue weighted by atomic mass is 10.2. The summed E-state index contributed by atoms with van der Waals surface area (Å²) < 4.78 is 49.9. The van der Waals surface area contributed by atoms with Crippen LogP contribution in [0.25, 0.3) is 11.4 Å². The molecule has 0 aliphatic heterocycles. The first-order chi connectivity index (χ1) is 14.0. The number of carbonyl (C=O) groups is 1. The predicted octanol–water partition coefficient (Wildman–Crippen LogP) is 3.16. The summed E-state index contributed by atoms with van der Waals surface area (Å²) in [7, 11) is 1.25. The summed E-state index contributed by atoms with van der Waals surface area (Å²) in [6, 6.07) is 3.23. The van der Waals surface area contributed by atoms with Crippen molar-refractivity contribution in [3.63, 3.8) is 0 Å². The lowest BCUT2D eigenvalue weighted by Crippen LogP contribution is -2.28. The third-order valence-corrected chi connectivity index (χ3v) is 3.91. The molecule has 0 bridgehead atoms. The van der Waals surface area contributed by atoms with Crippen LogP contribution >= 0.6 is 0 Å². The molecule has 1 N–H and O–H groups in total. The van der Waals surface area contributed by atoms with Crippen molar-refractivity contribution in [2.45, 2.75) is 39.1 Å².